The summed E-state index contributed by atoms with van der Waals surface area (Å²) in [5, 5.41) is 12.0. The molecular formula is C17H21N3O2S2. The normalized spacial score (nSPS) is 12.4. The Bertz CT molecular complexity index is 775. The van der Waals surface area contributed by atoms with E-state index in [0.717, 1.165) is 18.5 Å². The lowest BCUT2D eigenvalue weighted by molar-refractivity contribution is 0.597. The minimum atomic E-state index is -3.67. The fourth-order valence-corrected chi connectivity index (χ4v) is 3.04. The predicted molar refractivity (Wildman–Crippen MR) is 100 cm³/mol. The minimum Gasteiger partial charge on any atom is -0.362 e. The molecule has 0 radical (unpaired) electrons. The van der Waals surface area contributed by atoms with Gasteiger partial charge in [-0.2, -0.15) is 0 Å². The molecule has 2 rings (SSSR count). The molecular weight excluding hydrogens is 342 g/mol. The molecule has 0 unspecified atom stereocenters. The van der Waals surface area contributed by atoms with Gasteiger partial charge in [-0.1, -0.05) is 42.5 Å². The number of primary sulfonamides is 1. The van der Waals surface area contributed by atoms with E-state index in [1.54, 1.807) is 12.1 Å². The van der Waals surface area contributed by atoms with Crippen LogP contribution in [0.3, 0.4) is 0 Å². The van der Waals surface area contributed by atoms with E-state index in [2.05, 4.69) is 22.8 Å². The van der Waals surface area contributed by atoms with Crippen LogP contribution in [0.4, 0.5) is 0 Å². The second-order valence-corrected chi connectivity index (χ2v) is 7.44. The predicted octanol–water partition coefficient (Wildman–Crippen LogP) is 2.10. The van der Waals surface area contributed by atoms with Crippen molar-refractivity contribution in [1.29, 1.82) is 0 Å². The van der Waals surface area contributed by atoms with Gasteiger partial charge in [0.15, 0.2) is 5.11 Å². The van der Waals surface area contributed by atoms with Gasteiger partial charge in [0.25, 0.3) is 0 Å². The number of thiocarbonyl (C=S) groups is 1. The number of hydrogen-bond donors (Lipinski definition) is 3. The lowest BCUT2D eigenvalue weighted by atomic mass is 10.1. The molecule has 0 fully saturated rings. The summed E-state index contributed by atoms with van der Waals surface area (Å²) in [5.41, 5.74) is 2.18. The van der Waals surface area contributed by atoms with Crippen molar-refractivity contribution in [2.24, 2.45) is 5.14 Å². The number of nitrogens with one attached hydrogen (secondary N) is 2. The smallest absolute Gasteiger partial charge is 0.238 e. The first-order valence-electron chi connectivity index (χ1n) is 7.57. The van der Waals surface area contributed by atoms with E-state index < -0.39 is 10.0 Å². The summed E-state index contributed by atoms with van der Waals surface area (Å²) in [7, 11) is -3.67. The summed E-state index contributed by atoms with van der Waals surface area (Å²) in [6, 6.07) is 16.6. The van der Waals surface area contributed by atoms with Gasteiger partial charge in [-0.3, -0.25) is 0 Å². The van der Waals surface area contributed by atoms with Crippen molar-refractivity contribution in [3.63, 3.8) is 0 Å². The Morgan fingerprint density at radius 2 is 1.75 bits per heavy atom. The zero-order chi connectivity index (χ0) is 17.6. The lowest BCUT2D eigenvalue weighted by Gasteiger charge is -2.17. The van der Waals surface area contributed by atoms with Crippen LogP contribution in [0.25, 0.3) is 0 Å². The molecule has 2 aromatic carbocycles. The van der Waals surface area contributed by atoms with Crippen molar-refractivity contribution in [2.45, 2.75) is 24.3 Å². The molecule has 0 bridgehead atoms. The topological polar surface area (TPSA) is 84.2 Å². The summed E-state index contributed by atoms with van der Waals surface area (Å²) in [6.45, 7) is 2.70. The molecule has 128 valence electrons. The van der Waals surface area contributed by atoms with Crippen LogP contribution in [-0.4, -0.2) is 20.1 Å². The largest absolute Gasteiger partial charge is 0.362 e. The minimum absolute atomic E-state index is 0.0451. The van der Waals surface area contributed by atoms with Crippen LogP contribution in [0.2, 0.25) is 0 Å². The van der Waals surface area contributed by atoms with E-state index in [0.29, 0.717) is 5.11 Å². The van der Waals surface area contributed by atoms with Gasteiger partial charge in [-0.25, -0.2) is 13.6 Å². The summed E-state index contributed by atoms with van der Waals surface area (Å²) in [5.74, 6) is 0. The summed E-state index contributed by atoms with van der Waals surface area (Å²) in [6.07, 6.45) is 0.889. The monoisotopic (exact) mass is 363 g/mol. The number of benzene rings is 2. The third kappa shape index (κ3) is 5.59. The Labute approximate surface area is 148 Å². The average molecular weight is 364 g/mol. The molecule has 4 N–H and O–H groups in total. The van der Waals surface area contributed by atoms with Crippen molar-refractivity contribution >= 4 is 27.4 Å². The first kappa shape index (κ1) is 18.4. The van der Waals surface area contributed by atoms with Crippen molar-refractivity contribution in [2.75, 3.05) is 6.54 Å². The molecule has 1 atom stereocenters. The summed E-state index contributed by atoms with van der Waals surface area (Å²) >= 11 is 5.29. The maximum atomic E-state index is 11.3. The highest BCUT2D eigenvalue weighted by atomic mass is 32.2. The zero-order valence-corrected chi connectivity index (χ0v) is 15.0. The number of sulfonamides is 1. The van der Waals surface area contributed by atoms with Gasteiger partial charge >= 0.3 is 0 Å². The molecule has 0 aliphatic heterocycles. The molecule has 2 aromatic rings. The van der Waals surface area contributed by atoms with E-state index in [1.165, 1.54) is 17.7 Å². The maximum absolute atomic E-state index is 11.3. The Balaban J connectivity index is 1.83. The fourth-order valence-electron chi connectivity index (χ4n) is 2.24. The van der Waals surface area contributed by atoms with Crippen molar-refractivity contribution in [1.82, 2.24) is 10.6 Å². The van der Waals surface area contributed by atoms with Crippen molar-refractivity contribution < 1.29 is 8.42 Å². The molecule has 7 heteroatoms. The standard InChI is InChI=1S/C17H21N3O2S2/c1-13(15-7-9-16(10-8-15)24(18,21)22)20-17(23)19-12-11-14-5-3-2-4-6-14/h2-10,13H,11-12H2,1H3,(H2,18,21,22)(H2,19,20,23)/t13-/m0/s1. The van der Waals surface area contributed by atoms with Crippen LogP contribution in [0.1, 0.15) is 24.1 Å². The molecule has 0 amide bonds. The second kappa shape index (κ2) is 8.23. The van der Waals surface area contributed by atoms with Gasteiger partial charge < -0.3 is 10.6 Å². The third-order valence-corrected chi connectivity index (χ3v) is 4.79. The van der Waals surface area contributed by atoms with Crippen LogP contribution in [-0.2, 0) is 16.4 Å². The highest BCUT2D eigenvalue weighted by Crippen LogP contribution is 2.15. The molecule has 0 saturated carbocycles. The first-order chi connectivity index (χ1) is 11.4. The van der Waals surface area contributed by atoms with Gasteiger partial charge in [-0.15, -0.1) is 0 Å². The average Bonchev–Trinajstić information content (AvgIpc) is 2.55. The second-order valence-electron chi connectivity index (χ2n) is 5.47. The number of rotatable bonds is 6. The Morgan fingerprint density at radius 1 is 1.12 bits per heavy atom. The van der Waals surface area contributed by atoms with E-state index >= 15 is 0 Å². The molecule has 0 aliphatic rings. The Morgan fingerprint density at radius 3 is 2.33 bits per heavy atom. The highest BCUT2D eigenvalue weighted by Gasteiger charge is 2.10. The maximum Gasteiger partial charge on any atom is 0.238 e. The fraction of sp³-hybridized carbons (Fsp3) is 0.235. The molecule has 0 heterocycles. The van der Waals surface area contributed by atoms with Gasteiger partial charge in [0.2, 0.25) is 10.0 Å². The summed E-state index contributed by atoms with van der Waals surface area (Å²) < 4.78 is 22.5. The number of hydrogen-bond acceptors (Lipinski definition) is 3. The molecule has 24 heavy (non-hydrogen) atoms. The third-order valence-electron chi connectivity index (χ3n) is 3.60. The van der Waals surface area contributed by atoms with Gasteiger partial charge in [0.05, 0.1) is 10.9 Å². The highest BCUT2D eigenvalue weighted by molar-refractivity contribution is 7.89. The Kier molecular flexibility index (Phi) is 6.30. The number of nitrogens with two attached hydrogens (primary N) is 1. The molecule has 0 aliphatic carbocycles. The first-order valence-corrected chi connectivity index (χ1v) is 9.53. The van der Waals surface area contributed by atoms with E-state index in [-0.39, 0.29) is 10.9 Å². The van der Waals surface area contributed by atoms with Crippen molar-refractivity contribution in [3.8, 4) is 0 Å². The Hall–Kier alpha value is -1.96. The van der Waals surface area contributed by atoms with Crippen LogP contribution in [0, 0.1) is 0 Å². The zero-order valence-electron chi connectivity index (χ0n) is 13.4. The van der Waals surface area contributed by atoms with E-state index in [1.807, 2.05) is 25.1 Å². The summed E-state index contributed by atoms with van der Waals surface area (Å²) in [4.78, 5) is 0.0991. The molecule has 0 saturated heterocycles. The van der Waals surface area contributed by atoms with Gasteiger partial charge in [0.1, 0.15) is 0 Å². The van der Waals surface area contributed by atoms with Gasteiger partial charge in [0, 0.05) is 6.54 Å². The van der Waals surface area contributed by atoms with Crippen LogP contribution >= 0.6 is 12.2 Å². The van der Waals surface area contributed by atoms with E-state index in [9.17, 15) is 8.42 Å². The lowest BCUT2D eigenvalue weighted by Crippen LogP contribution is -2.37. The molecule has 5 nitrogen and oxygen atoms in total. The van der Waals surface area contributed by atoms with Crippen molar-refractivity contribution in [3.05, 3.63) is 65.7 Å². The van der Waals surface area contributed by atoms with E-state index in [4.69, 9.17) is 17.4 Å². The van der Waals surface area contributed by atoms with Crippen LogP contribution in [0.15, 0.2) is 59.5 Å². The van der Waals surface area contributed by atoms with Gasteiger partial charge in [-0.05, 0) is 48.8 Å². The molecule has 0 spiro atoms. The SMILES string of the molecule is C[C@H](NC(=S)NCCc1ccccc1)c1ccc(S(N)(=O)=O)cc1. The van der Waals surface area contributed by atoms with Crippen LogP contribution in [0.5, 0.6) is 0 Å². The molecule has 0 aromatic heterocycles. The van der Waals surface area contributed by atoms with Crippen LogP contribution < -0.4 is 15.8 Å². The quantitative estimate of drug-likeness (QED) is 0.685.